The van der Waals surface area contributed by atoms with Gasteiger partial charge in [-0.1, -0.05) is 6.92 Å². The first-order valence-electron chi connectivity index (χ1n) is 5.62. The van der Waals surface area contributed by atoms with Gasteiger partial charge < -0.3 is 10.1 Å². The van der Waals surface area contributed by atoms with Crippen LogP contribution >= 0.6 is 0 Å². The van der Waals surface area contributed by atoms with Crippen LogP contribution in [0.4, 0.5) is 0 Å². The van der Waals surface area contributed by atoms with Crippen LogP contribution in [0.2, 0.25) is 0 Å². The maximum absolute atomic E-state index is 11.7. The standard InChI is InChI=1S/C13H17NO3/c1-4-9(2)14-13(16)11-5-7-12(8-6-11)17-10(3)15/h5-9H,4H2,1-3H3,(H,14,16)/t9-/m1/s1. The van der Waals surface area contributed by atoms with Gasteiger partial charge in [-0.3, -0.25) is 9.59 Å². The SMILES string of the molecule is CC[C@@H](C)NC(=O)c1ccc(OC(C)=O)cc1. The summed E-state index contributed by atoms with van der Waals surface area (Å²) < 4.78 is 4.88. The molecule has 0 heterocycles. The number of nitrogens with one attached hydrogen (secondary N) is 1. The lowest BCUT2D eigenvalue weighted by Crippen LogP contribution is -2.31. The Hall–Kier alpha value is -1.84. The van der Waals surface area contributed by atoms with Gasteiger partial charge in [0.1, 0.15) is 5.75 Å². The molecule has 0 fully saturated rings. The number of hydrogen-bond donors (Lipinski definition) is 1. The van der Waals surface area contributed by atoms with E-state index in [1.54, 1.807) is 24.3 Å². The molecule has 1 rings (SSSR count). The van der Waals surface area contributed by atoms with Crippen molar-refractivity contribution in [2.75, 3.05) is 0 Å². The molecule has 0 aliphatic rings. The topological polar surface area (TPSA) is 55.4 Å². The first kappa shape index (κ1) is 13.2. The van der Waals surface area contributed by atoms with Crippen LogP contribution in [-0.2, 0) is 4.79 Å². The van der Waals surface area contributed by atoms with Gasteiger partial charge in [0.05, 0.1) is 0 Å². The van der Waals surface area contributed by atoms with Gasteiger partial charge in [0.15, 0.2) is 0 Å². The molecule has 17 heavy (non-hydrogen) atoms. The number of rotatable bonds is 4. The number of amides is 1. The fraction of sp³-hybridized carbons (Fsp3) is 0.385. The highest BCUT2D eigenvalue weighted by Gasteiger charge is 2.08. The van der Waals surface area contributed by atoms with Gasteiger partial charge >= 0.3 is 5.97 Å². The van der Waals surface area contributed by atoms with E-state index in [4.69, 9.17) is 4.74 Å². The monoisotopic (exact) mass is 235 g/mol. The highest BCUT2D eigenvalue weighted by molar-refractivity contribution is 5.94. The van der Waals surface area contributed by atoms with E-state index in [1.165, 1.54) is 6.92 Å². The summed E-state index contributed by atoms with van der Waals surface area (Å²) in [6.45, 7) is 5.30. The molecule has 0 aliphatic carbocycles. The van der Waals surface area contributed by atoms with Crippen molar-refractivity contribution in [3.63, 3.8) is 0 Å². The number of hydrogen-bond acceptors (Lipinski definition) is 3. The Morgan fingerprint density at radius 3 is 2.35 bits per heavy atom. The zero-order valence-electron chi connectivity index (χ0n) is 10.3. The third kappa shape index (κ3) is 4.26. The second-order valence-corrected chi connectivity index (χ2v) is 3.90. The second kappa shape index (κ2) is 6.03. The molecule has 1 aromatic rings. The first-order chi connectivity index (χ1) is 8.02. The third-order valence-electron chi connectivity index (χ3n) is 2.37. The molecule has 0 spiro atoms. The van der Waals surface area contributed by atoms with Crippen molar-refractivity contribution < 1.29 is 14.3 Å². The highest BCUT2D eigenvalue weighted by atomic mass is 16.5. The van der Waals surface area contributed by atoms with Crippen LogP contribution < -0.4 is 10.1 Å². The summed E-state index contributed by atoms with van der Waals surface area (Å²) in [7, 11) is 0. The largest absolute Gasteiger partial charge is 0.427 e. The molecular formula is C13H17NO3. The lowest BCUT2D eigenvalue weighted by Gasteiger charge is -2.11. The molecule has 0 radical (unpaired) electrons. The Kier molecular flexibility index (Phi) is 4.69. The number of esters is 1. The predicted molar refractivity (Wildman–Crippen MR) is 65.0 cm³/mol. The Bertz CT molecular complexity index is 398. The fourth-order valence-electron chi connectivity index (χ4n) is 1.25. The van der Waals surface area contributed by atoms with E-state index in [2.05, 4.69) is 5.32 Å². The van der Waals surface area contributed by atoms with Gasteiger partial charge in [0, 0.05) is 18.5 Å². The molecule has 4 nitrogen and oxygen atoms in total. The molecule has 0 unspecified atom stereocenters. The summed E-state index contributed by atoms with van der Waals surface area (Å²) in [5, 5.41) is 2.86. The average molecular weight is 235 g/mol. The molecule has 0 aromatic heterocycles. The fourth-order valence-corrected chi connectivity index (χ4v) is 1.25. The molecular weight excluding hydrogens is 218 g/mol. The first-order valence-corrected chi connectivity index (χ1v) is 5.62. The molecule has 4 heteroatoms. The Morgan fingerprint density at radius 1 is 1.29 bits per heavy atom. The van der Waals surface area contributed by atoms with Crippen molar-refractivity contribution in [3.8, 4) is 5.75 Å². The van der Waals surface area contributed by atoms with E-state index >= 15 is 0 Å². The molecule has 1 aromatic carbocycles. The number of carbonyl (C=O) groups is 2. The Balaban J connectivity index is 2.67. The van der Waals surface area contributed by atoms with E-state index in [0.29, 0.717) is 11.3 Å². The summed E-state index contributed by atoms with van der Waals surface area (Å²) in [5.41, 5.74) is 0.557. The molecule has 0 aliphatic heterocycles. The quantitative estimate of drug-likeness (QED) is 0.642. The number of carbonyl (C=O) groups excluding carboxylic acids is 2. The average Bonchev–Trinajstić information content (AvgIpc) is 2.28. The smallest absolute Gasteiger partial charge is 0.308 e. The van der Waals surface area contributed by atoms with Crippen LogP contribution in [0, 0.1) is 0 Å². The minimum absolute atomic E-state index is 0.117. The minimum atomic E-state index is -0.373. The zero-order valence-corrected chi connectivity index (χ0v) is 10.3. The van der Waals surface area contributed by atoms with E-state index in [-0.39, 0.29) is 17.9 Å². The van der Waals surface area contributed by atoms with Crippen molar-refractivity contribution in [1.29, 1.82) is 0 Å². The maximum Gasteiger partial charge on any atom is 0.308 e. The van der Waals surface area contributed by atoms with E-state index in [1.807, 2.05) is 13.8 Å². The molecule has 0 bridgehead atoms. The number of ether oxygens (including phenoxy) is 1. The van der Waals surface area contributed by atoms with Gasteiger partial charge in [-0.25, -0.2) is 0 Å². The summed E-state index contributed by atoms with van der Waals surface area (Å²) in [6, 6.07) is 6.63. The van der Waals surface area contributed by atoms with Gasteiger partial charge in [0.25, 0.3) is 5.91 Å². The summed E-state index contributed by atoms with van der Waals surface area (Å²) in [6.07, 6.45) is 0.886. The van der Waals surface area contributed by atoms with E-state index in [9.17, 15) is 9.59 Å². The van der Waals surface area contributed by atoms with Crippen molar-refractivity contribution in [1.82, 2.24) is 5.32 Å². The van der Waals surface area contributed by atoms with Gasteiger partial charge in [-0.2, -0.15) is 0 Å². The molecule has 0 saturated carbocycles. The zero-order chi connectivity index (χ0) is 12.8. The normalized spacial score (nSPS) is 11.7. The molecule has 92 valence electrons. The maximum atomic E-state index is 11.7. The molecule has 1 atom stereocenters. The van der Waals surface area contributed by atoms with Gasteiger partial charge in [-0.05, 0) is 37.6 Å². The van der Waals surface area contributed by atoms with Crippen molar-refractivity contribution in [2.45, 2.75) is 33.2 Å². The van der Waals surface area contributed by atoms with Crippen LogP contribution in [0.25, 0.3) is 0 Å². The Morgan fingerprint density at radius 2 is 1.88 bits per heavy atom. The molecule has 0 saturated heterocycles. The highest BCUT2D eigenvalue weighted by Crippen LogP contribution is 2.12. The lowest BCUT2D eigenvalue weighted by atomic mass is 10.2. The summed E-state index contributed by atoms with van der Waals surface area (Å²) >= 11 is 0. The van der Waals surface area contributed by atoms with Crippen LogP contribution in [0.15, 0.2) is 24.3 Å². The third-order valence-corrected chi connectivity index (χ3v) is 2.37. The molecule has 1 N–H and O–H groups in total. The predicted octanol–water partition coefficient (Wildman–Crippen LogP) is 2.14. The number of benzene rings is 1. The van der Waals surface area contributed by atoms with Gasteiger partial charge in [0.2, 0.25) is 0 Å². The molecule has 1 amide bonds. The summed E-state index contributed by atoms with van der Waals surface area (Å²) in [4.78, 5) is 22.4. The van der Waals surface area contributed by atoms with E-state index < -0.39 is 0 Å². The van der Waals surface area contributed by atoms with Crippen LogP contribution in [-0.4, -0.2) is 17.9 Å². The van der Waals surface area contributed by atoms with Crippen LogP contribution in [0.1, 0.15) is 37.6 Å². The van der Waals surface area contributed by atoms with Crippen LogP contribution in [0.3, 0.4) is 0 Å². The van der Waals surface area contributed by atoms with E-state index in [0.717, 1.165) is 6.42 Å². The second-order valence-electron chi connectivity index (χ2n) is 3.90. The van der Waals surface area contributed by atoms with Crippen molar-refractivity contribution in [2.24, 2.45) is 0 Å². The lowest BCUT2D eigenvalue weighted by molar-refractivity contribution is -0.131. The minimum Gasteiger partial charge on any atom is -0.427 e. The summed E-state index contributed by atoms with van der Waals surface area (Å²) in [5.74, 6) is -0.0480. The van der Waals surface area contributed by atoms with Gasteiger partial charge in [-0.15, -0.1) is 0 Å². The van der Waals surface area contributed by atoms with Crippen molar-refractivity contribution in [3.05, 3.63) is 29.8 Å². The Labute approximate surface area is 101 Å². The van der Waals surface area contributed by atoms with Crippen molar-refractivity contribution >= 4 is 11.9 Å². The van der Waals surface area contributed by atoms with Crippen LogP contribution in [0.5, 0.6) is 5.75 Å².